The third-order valence-corrected chi connectivity index (χ3v) is 3.68. The molecular formula is C13H18FNO2. The van der Waals surface area contributed by atoms with Crippen LogP contribution in [0, 0.1) is 5.82 Å². The van der Waals surface area contributed by atoms with Crippen molar-refractivity contribution in [1.29, 1.82) is 0 Å². The maximum Gasteiger partial charge on any atom is 0.197 e. The van der Waals surface area contributed by atoms with Crippen LogP contribution in [0.5, 0.6) is 11.5 Å². The Balaban J connectivity index is 2.50. The molecule has 2 rings (SSSR count). The summed E-state index contributed by atoms with van der Waals surface area (Å²) in [5.74, 6) is 0.229. The van der Waals surface area contributed by atoms with Gasteiger partial charge >= 0.3 is 0 Å². The summed E-state index contributed by atoms with van der Waals surface area (Å²) in [6.07, 6.45) is 1.86. The standard InChI is InChI=1S/C13H18FNO2/c1-8(15)13(6-7-13)9-4-5-10(16-2)12(17-3)11(9)14/h4-5,8H,6-7,15H2,1-3H3. The predicted molar refractivity (Wildman–Crippen MR) is 64.1 cm³/mol. The minimum absolute atomic E-state index is 0.0601. The second-order valence-corrected chi connectivity index (χ2v) is 4.61. The Hall–Kier alpha value is -1.29. The Bertz CT molecular complexity index is 428. The van der Waals surface area contributed by atoms with E-state index in [0.29, 0.717) is 11.3 Å². The maximum absolute atomic E-state index is 14.4. The van der Waals surface area contributed by atoms with E-state index in [1.807, 2.05) is 6.92 Å². The van der Waals surface area contributed by atoms with Gasteiger partial charge in [-0.25, -0.2) is 4.39 Å². The highest BCUT2D eigenvalue weighted by molar-refractivity contribution is 5.49. The van der Waals surface area contributed by atoms with E-state index in [1.54, 1.807) is 12.1 Å². The lowest BCUT2D eigenvalue weighted by Crippen LogP contribution is -2.32. The number of ether oxygens (including phenoxy) is 2. The molecular weight excluding hydrogens is 221 g/mol. The van der Waals surface area contributed by atoms with Crippen molar-refractivity contribution in [3.05, 3.63) is 23.5 Å². The molecule has 4 heteroatoms. The van der Waals surface area contributed by atoms with Crippen LogP contribution in [0.4, 0.5) is 4.39 Å². The predicted octanol–water partition coefficient (Wildman–Crippen LogP) is 2.22. The average Bonchev–Trinajstić information content (AvgIpc) is 3.09. The summed E-state index contributed by atoms with van der Waals surface area (Å²) in [5.41, 5.74) is 6.38. The quantitative estimate of drug-likeness (QED) is 0.876. The van der Waals surface area contributed by atoms with Crippen LogP contribution in [-0.2, 0) is 5.41 Å². The maximum atomic E-state index is 14.4. The molecule has 1 unspecified atom stereocenters. The SMILES string of the molecule is COc1ccc(C2(C(C)N)CC2)c(F)c1OC. The van der Waals surface area contributed by atoms with Gasteiger partial charge in [0.25, 0.3) is 0 Å². The van der Waals surface area contributed by atoms with Gasteiger partial charge in [0.15, 0.2) is 17.3 Å². The van der Waals surface area contributed by atoms with Crippen LogP contribution in [-0.4, -0.2) is 20.3 Å². The van der Waals surface area contributed by atoms with Gasteiger partial charge in [-0.15, -0.1) is 0 Å². The Kier molecular flexibility index (Phi) is 3.00. The molecule has 0 aromatic heterocycles. The lowest BCUT2D eigenvalue weighted by Gasteiger charge is -2.22. The zero-order valence-corrected chi connectivity index (χ0v) is 10.4. The van der Waals surface area contributed by atoms with Gasteiger partial charge in [0, 0.05) is 11.5 Å². The number of rotatable bonds is 4. The lowest BCUT2D eigenvalue weighted by atomic mass is 9.89. The van der Waals surface area contributed by atoms with Crippen molar-refractivity contribution in [2.45, 2.75) is 31.2 Å². The van der Waals surface area contributed by atoms with Crippen LogP contribution in [0.3, 0.4) is 0 Å². The van der Waals surface area contributed by atoms with E-state index in [4.69, 9.17) is 15.2 Å². The van der Waals surface area contributed by atoms with Crippen molar-refractivity contribution in [2.75, 3.05) is 14.2 Å². The van der Waals surface area contributed by atoms with Crippen molar-refractivity contribution in [3.8, 4) is 11.5 Å². The van der Waals surface area contributed by atoms with Gasteiger partial charge in [0.2, 0.25) is 0 Å². The highest BCUT2D eigenvalue weighted by atomic mass is 19.1. The Morgan fingerprint density at radius 3 is 2.35 bits per heavy atom. The number of methoxy groups -OCH3 is 2. The first-order valence-corrected chi connectivity index (χ1v) is 5.73. The van der Waals surface area contributed by atoms with Crippen LogP contribution in [0.1, 0.15) is 25.3 Å². The second-order valence-electron chi connectivity index (χ2n) is 4.61. The first-order chi connectivity index (χ1) is 8.06. The third-order valence-electron chi connectivity index (χ3n) is 3.68. The van der Waals surface area contributed by atoms with Gasteiger partial charge in [-0.2, -0.15) is 0 Å². The minimum Gasteiger partial charge on any atom is -0.493 e. The van der Waals surface area contributed by atoms with Gasteiger partial charge in [-0.05, 0) is 31.4 Å². The fraction of sp³-hybridized carbons (Fsp3) is 0.538. The fourth-order valence-corrected chi connectivity index (χ4v) is 2.38. The normalized spacial score (nSPS) is 18.6. The molecule has 0 bridgehead atoms. The zero-order chi connectivity index (χ0) is 12.6. The van der Waals surface area contributed by atoms with Crippen molar-refractivity contribution < 1.29 is 13.9 Å². The number of hydrogen-bond acceptors (Lipinski definition) is 3. The molecule has 0 saturated heterocycles. The van der Waals surface area contributed by atoms with Gasteiger partial charge < -0.3 is 15.2 Å². The smallest absolute Gasteiger partial charge is 0.197 e. The van der Waals surface area contributed by atoms with Crippen LogP contribution >= 0.6 is 0 Å². The highest BCUT2D eigenvalue weighted by Gasteiger charge is 2.49. The van der Waals surface area contributed by atoms with Crippen molar-refractivity contribution >= 4 is 0 Å². The molecule has 94 valence electrons. The highest BCUT2D eigenvalue weighted by Crippen LogP contribution is 2.53. The molecule has 3 nitrogen and oxygen atoms in total. The van der Waals surface area contributed by atoms with Crippen molar-refractivity contribution in [1.82, 2.24) is 0 Å². The van der Waals surface area contributed by atoms with Crippen LogP contribution < -0.4 is 15.2 Å². The van der Waals surface area contributed by atoms with Crippen molar-refractivity contribution in [3.63, 3.8) is 0 Å². The Morgan fingerprint density at radius 2 is 1.94 bits per heavy atom. The van der Waals surface area contributed by atoms with Crippen molar-refractivity contribution in [2.24, 2.45) is 5.73 Å². The van der Waals surface area contributed by atoms with Gasteiger partial charge in [-0.3, -0.25) is 0 Å². The number of nitrogens with two attached hydrogens (primary N) is 1. The second kappa shape index (κ2) is 4.18. The van der Waals surface area contributed by atoms with Gasteiger partial charge in [-0.1, -0.05) is 6.07 Å². The zero-order valence-electron chi connectivity index (χ0n) is 10.4. The van der Waals surface area contributed by atoms with E-state index in [2.05, 4.69) is 0 Å². The molecule has 0 heterocycles. The van der Waals surface area contributed by atoms with E-state index in [9.17, 15) is 4.39 Å². The molecule has 17 heavy (non-hydrogen) atoms. The molecule has 0 amide bonds. The fourth-order valence-electron chi connectivity index (χ4n) is 2.38. The Labute approximate surface area is 101 Å². The first-order valence-electron chi connectivity index (χ1n) is 5.73. The van der Waals surface area contributed by atoms with Crippen LogP contribution in [0.2, 0.25) is 0 Å². The molecule has 1 aromatic rings. The molecule has 0 aliphatic heterocycles. The van der Waals surface area contributed by atoms with Gasteiger partial charge in [0.05, 0.1) is 14.2 Å². The van der Waals surface area contributed by atoms with E-state index in [0.717, 1.165) is 12.8 Å². The number of halogens is 1. The van der Waals surface area contributed by atoms with Gasteiger partial charge in [0.1, 0.15) is 0 Å². The topological polar surface area (TPSA) is 44.5 Å². The molecule has 1 atom stereocenters. The molecule has 0 spiro atoms. The molecule has 1 aliphatic rings. The minimum atomic E-state index is -0.346. The summed E-state index contributed by atoms with van der Waals surface area (Å²) >= 11 is 0. The summed E-state index contributed by atoms with van der Waals surface area (Å²) in [5, 5.41) is 0. The van der Waals surface area contributed by atoms with E-state index in [1.165, 1.54) is 14.2 Å². The van der Waals surface area contributed by atoms with E-state index < -0.39 is 0 Å². The molecule has 1 aliphatic carbocycles. The summed E-state index contributed by atoms with van der Waals surface area (Å²) in [7, 11) is 2.94. The molecule has 1 saturated carbocycles. The Morgan fingerprint density at radius 1 is 1.29 bits per heavy atom. The molecule has 0 radical (unpaired) electrons. The summed E-state index contributed by atoms with van der Waals surface area (Å²) in [6.45, 7) is 1.92. The van der Waals surface area contributed by atoms with Crippen LogP contribution in [0.25, 0.3) is 0 Å². The number of benzene rings is 1. The summed E-state index contributed by atoms with van der Waals surface area (Å²) < 4.78 is 24.5. The van der Waals surface area contributed by atoms with E-state index in [-0.39, 0.29) is 23.0 Å². The van der Waals surface area contributed by atoms with Crippen LogP contribution in [0.15, 0.2) is 12.1 Å². The molecule has 1 fully saturated rings. The first kappa shape index (κ1) is 12.2. The largest absolute Gasteiger partial charge is 0.493 e. The summed E-state index contributed by atoms with van der Waals surface area (Å²) in [6, 6.07) is 3.43. The summed E-state index contributed by atoms with van der Waals surface area (Å²) in [4.78, 5) is 0. The average molecular weight is 239 g/mol. The molecule has 1 aromatic carbocycles. The molecule has 2 N–H and O–H groups in total. The monoisotopic (exact) mass is 239 g/mol. The van der Waals surface area contributed by atoms with E-state index >= 15 is 0 Å². The number of hydrogen-bond donors (Lipinski definition) is 1. The lowest BCUT2D eigenvalue weighted by molar-refractivity contribution is 0.333. The third kappa shape index (κ3) is 1.76.